The van der Waals surface area contributed by atoms with E-state index in [9.17, 15) is 9.90 Å². The molecule has 0 aromatic carbocycles. The van der Waals surface area contributed by atoms with Crippen LogP contribution in [0.15, 0.2) is 4.42 Å². The number of aliphatic carboxylic acids is 1. The molecule has 6 nitrogen and oxygen atoms in total. The number of carboxylic acids is 1. The van der Waals surface area contributed by atoms with Gasteiger partial charge in [0.2, 0.25) is 5.89 Å². The Balaban J connectivity index is 2.09. The zero-order chi connectivity index (χ0) is 12.6. The van der Waals surface area contributed by atoms with Crippen molar-refractivity contribution in [2.24, 2.45) is 0 Å². The summed E-state index contributed by atoms with van der Waals surface area (Å²) in [5.74, 6) is 0.327. The minimum atomic E-state index is -0.915. The lowest BCUT2D eigenvalue weighted by Gasteiger charge is -2.18. The van der Waals surface area contributed by atoms with Gasteiger partial charge in [-0.15, -0.1) is 0 Å². The lowest BCUT2D eigenvalue weighted by atomic mass is 10.2. The van der Waals surface area contributed by atoms with Crippen LogP contribution < -0.4 is 0 Å². The molecule has 2 rings (SSSR count). The molecule has 1 saturated heterocycles. The minimum absolute atomic E-state index is 0.258. The van der Waals surface area contributed by atoms with Crippen LogP contribution in [0.1, 0.15) is 23.8 Å². The predicted octanol–water partition coefficient (Wildman–Crippen LogP) is 0.311. The van der Waals surface area contributed by atoms with Gasteiger partial charge in [0.05, 0.1) is 18.3 Å². The molecule has 2 unspecified atom stereocenters. The molecule has 0 saturated carbocycles. The SMILES string of the molecule is Cc1nc(CN2CC(O)CC2C(=O)O)oc1C. The maximum absolute atomic E-state index is 11.0. The van der Waals surface area contributed by atoms with Crippen molar-refractivity contribution in [1.82, 2.24) is 9.88 Å². The van der Waals surface area contributed by atoms with Gasteiger partial charge in [0.25, 0.3) is 0 Å². The standard InChI is InChI=1S/C11H16N2O4/c1-6-7(2)17-10(12-6)5-13-4-8(14)3-9(13)11(15)16/h8-9,14H,3-5H2,1-2H3,(H,15,16). The number of oxazole rings is 1. The molecule has 2 heterocycles. The maximum Gasteiger partial charge on any atom is 0.321 e. The molecule has 1 aromatic rings. The fraction of sp³-hybridized carbons (Fsp3) is 0.636. The third-order valence-corrected chi connectivity index (χ3v) is 3.08. The summed E-state index contributed by atoms with van der Waals surface area (Å²) in [4.78, 5) is 16.9. The molecule has 94 valence electrons. The number of aryl methyl sites for hydroxylation is 2. The molecule has 1 aromatic heterocycles. The van der Waals surface area contributed by atoms with Crippen molar-refractivity contribution in [3.63, 3.8) is 0 Å². The number of β-amino-alcohol motifs (C(OH)–C–C–N with tert-alkyl or cyclic N) is 1. The van der Waals surface area contributed by atoms with Gasteiger partial charge in [-0.05, 0) is 13.8 Å². The van der Waals surface area contributed by atoms with Crippen LogP contribution in [0.2, 0.25) is 0 Å². The van der Waals surface area contributed by atoms with Crippen molar-refractivity contribution in [1.29, 1.82) is 0 Å². The summed E-state index contributed by atoms with van der Waals surface area (Å²) in [6.45, 7) is 4.33. The van der Waals surface area contributed by atoms with Crippen LogP contribution in [0.5, 0.6) is 0 Å². The first-order chi connectivity index (χ1) is 7.97. The van der Waals surface area contributed by atoms with E-state index in [4.69, 9.17) is 9.52 Å². The van der Waals surface area contributed by atoms with Crippen LogP contribution in [0, 0.1) is 13.8 Å². The first-order valence-corrected chi connectivity index (χ1v) is 5.55. The molecular formula is C11H16N2O4. The topological polar surface area (TPSA) is 86.8 Å². The predicted molar refractivity (Wildman–Crippen MR) is 58.4 cm³/mol. The van der Waals surface area contributed by atoms with E-state index < -0.39 is 18.1 Å². The van der Waals surface area contributed by atoms with Crippen LogP contribution in [-0.4, -0.2) is 44.8 Å². The molecule has 2 N–H and O–H groups in total. The number of hydrogen-bond acceptors (Lipinski definition) is 5. The average Bonchev–Trinajstić information content (AvgIpc) is 2.72. The highest BCUT2D eigenvalue weighted by molar-refractivity contribution is 5.74. The van der Waals surface area contributed by atoms with E-state index in [1.54, 1.807) is 4.90 Å². The quantitative estimate of drug-likeness (QED) is 0.790. The van der Waals surface area contributed by atoms with E-state index in [-0.39, 0.29) is 6.42 Å². The maximum atomic E-state index is 11.0. The number of aliphatic hydroxyl groups is 1. The van der Waals surface area contributed by atoms with Gasteiger partial charge in [-0.3, -0.25) is 9.69 Å². The summed E-state index contributed by atoms with van der Waals surface area (Å²) in [6, 6.07) is -0.655. The van der Waals surface area contributed by atoms with E-state index in [1.807, 2.05) is 13.8 Å². The molecule has 17 heavy (non-hydrogen) atoms. The van der Waals surface area contributed by atoms with Crippen LogP contribution in [-0.2, 0) is 11.3 Å². The van der Waals surface area contributed by atoms with Crippen LogP contribution >= 0.6 is 0 Å². The second-order valence-corrected chi connectivity index (χ2v) is 4.42. The summed E-state index contributed by atoms with van der Waals surface area (Å²) in [5.41, 5.74) is 0.812. The van der Waals surface area contributed by atoms with Crippen molar-refractivity contribution >= 4 is 5.97 Å². The Morgan fingerprint density at radius 1 is 1.59 bits per heavy atom. The Morgan fingerprint density at radius 3 is 2.82 bits per heavy atom. The van der Waals surface area contributed by atoms with Gasteiger partial charge < -0.3 is 14.6 Å². The normalized spacial score (nSPS) is 25.4. The lowest BCUT2D eigenvalue weighted by molar-refractivity contribution is -0.142. The van der Waals surface area contributed by atoms with E-state index in [0.29, 0.717) is 19.0 Å². The number of carbonyl (C=O) groups is 1. The lowest BCUT2D eigenvalue weighted by Crippen LogP contribution is -2.35. The van der Waals surface area contributed by atoms with Crippen molar-refractivity contribution < 1.29 is 19.4 Å². The highest BCUT2D eigenvalue weighted by Crippen LogP contribution is 2.21. The van der Waals surface area contributed by atoms with E-state index in [2.05, 4.69) is 4.98 Å². The van der Waals surface area contributed by atoms with Crippen molar-refractivity contribution in [2.45, 2.75) is 39.0 Å². The number of hydrogen-bond donors (Lipinski definition) is 2. The largest absolute Gasteiger partial charge is 0.480 e. The molecule has 2 atom stereocenters. The Kier molecular flexibility index (Phi) is 3.17. The van der Waals surface area contributed by atoms with Gasteiger partial charge >= 0.3 is 5.97 Å². The van der Waals surface area contributed by atoms with Gasteiger partial charge in [0, 0.05) is 13.0 Å². The first kappa shape index (κ1) is 12.1. The van der Waals surface area contributed by atoms with Crippen LogP contribution in [0.3, 0.4) is 0 Å². The Morgan fingerprint density at radius 2 is 2.29 bits per heavy atom. The number of aromatic nitrogens is 1. The summed E-state index contributed by atoms with van der Waals surface area (Å²) < 4.78 is 5.41. The summed E-state index contributed by atoms with van der Waals surface area (Å²) >= 11 is 0. The van der Waals surface area contributed by atoms with E-state index >= 15 is 0 Å². The average molecular weight is 240 g/mol. The summed E-state index contributed by atoms with van der Waals surface area (Å²) in [6.07, 6.45) is -0.332. The Bertz CT molecular complexity index is 410. The zero-order valence-electron chi connectivity index (χ0n) is 9.88. The molecule has 0 bridgehead atoms. The molecular weight excluding hydrogens is 224 g/mol. The Hall–Kier alpha value is -1.40. The van der Waals surface area contributed by atoms with Crippen LogP contribution in [0.25, 0.3) is 0 Å². The van der Waals surface area contributed by atoms with Crippen molar-refractivity contribution in [3.05, 3.63) is 17.3 Å². The molecule has 0 amide bonds. The second-order valence-electron chi connectivity index (χ2n) is 4.42. The minimum Gasteiger partial charge on any atom is -0.480 e. The van der Waals surface area contributed by atoms with Crippen LogP contribution in [0.4, 0.5) is 0 Å². The smallest absolute Gasteiger partial charge is 0.321 e. The van der Waals surface area contributed by atoms with Crippen molar-refractivity contribution in [2.75, 3.05) is 6.54 Å². The van der Waals surface area contributed by atoms with E-state index in [1.165, 1.54) is 0 Å². The Labute approximate surface area is 98.9 Å². The monoisotopic (exact) mass is 240 g/mol. The third-order valence-electron chi connectivity index (χ3n) is 3.08. The van der Waals surface area contributed by atoms with Gasteiger partial charge in [-0.25, -0.2) is 4.98 Å². The molecule has 1 fully saturated rings. The fourth-order valence-corrected chi connectivity index (χ4v) is 2.09. The van der Waals surface area contributed by atoms with Gasteiger partial charge in [-0.1, -0.05) is 0 Å². The summed E-state index contributed by atoms with van der Waals surface area (Å²) in [7, 11) is 0. The highest BCUT2D eigenvalue weighted by atomic mass is 16.4. The molecule has 1 aliphatic heterocycles. The van der Waals surface area contributed by atoms with Gasteiger partial charge in [0.15, 0.2) is 0 Å². The molecule has 0 spiro atoms. The van der Waals surface area contributed by atoms with Gasteiger partial charge in [-0.2, -0.15) is 0 Å². The molecule has 0 radical (unpaired) electrons. The summed E-state index contributed by atoms with van der Waals surface area (Å²) in [5, 5.41) is 18.5. The zero-order valence-corrected chi connectivity index (χ0v) is 9.88. The molecule has 1 aliphatic rings. The number of nitrogens with zero attached hydrogens (tertiary/aromatic N) is 2. The molecule has 0 aliphatic carbocycles. The first-order valence-electron chi connectivity index (χ1n) is 5.55. The van der Waals surface area contributed by atoms with Gasteiger partial charge in [0.1, 0.15) is 11.8 Å². The second kappa shape index (κ2) is 4.46. The number of rotatable bonds is 3. The third kappa shape index (κ3) is 2.48. The highest BCUT2D eigenvalue weighted by Gasteiger charge is 2.36. The molecule has 6 heteroatoms. The fourth-order valence-electron chi connectivity index (χ4n) is 2.09. The number of aliphatic hydroxyl groups excluding tert-OH is 1. The van der Waals surface area contributed by atoms with Crippen molar-refractivity contribution in [3.8, 4) is 0 Å². The van der Waals surface area contributed by atoms with E-state index in [0.717, 1.165) is 11.5 Å². The number of carboxylic acid groups (broad SMARTS) is 1. The number of likely N-dealkylation sites (tertiary alicyclic amines) is 1.